The van der Waals surface area contributed by atoms with Crippen molar-refractivity contribution in [2.24, 2.45) is 0 Å². The molecular formula is C14H14F2N2O2. The lowest BCUT2D eigenvalue weighted by Crippen LogP contribution is -2.10. The highest BCUT2D eigenvalue weighted by atomic mass is 19.3. The van der Waals surface area contributed by atoms with Gasteiger partial charge in [-0.3, -0.25) is 0 Å². The molecule has 1 aliphatic carbocycles. The fourth-order valence-corrected chi connectivity index (χ4v) is 2.37. The van der Waals surface area contributed by atoms with Gasteiger partial charge in [-0.15, -0.1) is 0 Å². The van der Waals surface area contributed by atoms with Crippen LogP contribution in [0.1, 0.15) is 30.9 Å². The van der Waals surface area contributed by atoms with Crippen LogP contribution in [0, 0.1) is 0 Å². The lowest BCUT2D eigenvalue weighted by Gasteiger charge is -2.23. The molecule has 6 heteroatoms. The fourth-order valence-electron chi connectivity index (χ4n) is 2.37. The lowest BCUT2D eigenvalue weighted by molar-refractivity contribution is -0.0498. The van der Waals surface area contributed by atoms with Crippen LogP contribution in [0.3, 0.4) is 0 Å². The van der Waals surface area contributed by atoms with E-state index < -0.39 is 6.61 Å². The lowest BCUT2D eigenvalue weighted by atomic mass is 9.80. The van der Waals surface area contributed by atoms with Gasteiger partial charge in [-0.25, -0.2) is 0 Å². The number of anilines is 1. The maximum absolute atomic E-state index is 12.1. The molecule has 1 aliphatic rings. The van der Waals surface area contributed by atoms with Crippen LogP contribution in [-0.2, 0) is 0 Å². The van der Waals surface area contributed by atoms with E-state index in [4.69, 9.17) is 10.3 Å². The predicted molar refractivity (Wildman–Crippen MR) is 69.6 cm³/mol. The molecule has 1 saturated carbocycles. The second kappa shape index (κ2) is 5.11. The molecule has 0 atom stereocenters. The molecule has 20 heavy (non-hydrogen) atoms. The first kappa shape index (κ1) is 12.9. The minimum absolute atomic E-state index is 0.115. The van der Waals surface area contributed by atoms with Gasteiger partial charge in [0.15, 0.2) is 0 Å². The van der Waals surface area contributed by atoms with Crippen molar-refractivity contribution < 1.29 is 18.0 Å². The highest BCUT2D eigenvalue weighted by molar-refractivity contribution is 5.76. The Labute approximate surface area is 114 Å². The number of rotatable bonds is 4. The number of ether oxygens (including phenoxy) is 1. The van der Waals surface area contributed by atoms with Gasteiger partial charge in [0.25, 0.3) is 0 Å². The van der Waals surface area contributed by atoms with Gasteiger partial charge in [0.1, 0.15) is 5.75 Å². The van der Waals surface area contributed by atoms with Crippen LogP contribution in [0.5, 0.6) is 5.75 Å². The molecule has 0 saturated heterocycles. The molecule has 0 bridgehead atoms. The van der Waals surface area contributed by atoms with E-state index in [1.165, 1.54) is 18.6 Å². The van der Waals surface area contributed by atoms with Gasteiger partial charge >= 0.3 is 6.61 Å². The number of aromatic nitrogens is 1. The molecule has 1 heterocycles. The van der Waals surface area contributed by atoms with Crippen molar-refractivity contribution in [2.75, 3.05) is 5.73 Å². The number of nitrogens with zero attached hydrogens (tertiary/aromatic N) is 1. The van der Waals surface area contributed by atoms with E-state index in [9.17, 15) is 8.78 Å². The normalized spacial score (nSPS) is 15.3. The summed E-state index contributed by atoms with van der Waals surface area (Å²) in [5.74, 6) is 0.751. The maximum atomic E-state index is 12.1. The van der Waals surface area contributed by atoms with Crippen molar-refractivity contribution in [1.29, 1.82) is 0 Å². The number of halogens is 2. The van der Waals surface area contributed by atoms with E-state index in [1.54, 1.807) is 12.1 Å². The molecule has 1 aromatic heterocycles. The maximum Gasteiger partial charge on any atom is 0.387 e. The van der Waals surface area contributed by atoms with E-state index in [0.29, 0.717) is 5.92 Å². The Morgan fingerprint density at radius 2 is 1.95 bits per heavy atom. The summed E-state index contributed by atoms with van der Waals surface area (Å²) in [6.07, 6.45) is 3.33. The van der Waals surface area contributed by atoms with Crippen LogP contribution in [0.4, 0.5) is 14.7 Å². The minimum atomic E-state index is -2.83. The summed E-state index contributed by atoms with van der Waals surface area (Å²) in [7, 11) is 0. The van der Waals surface area contributed by atoms with E-state index in [0.717, 1.165) is 29.7 Å². The summed E-state index contributed by atoms with van der Waals surface area (Å²) in [6, 6.07) is 6.34. The average molecular weight is 280 g/mol. The van der Waals surface area contributed by atoms with Gasteiger partial charge in [0, 0.05) is 5.92 Å². The Bertz CT molecular complexity index is 592. The number of nitrogen functional groups attached to an aromatic ring is 1. The van der Waals surface area contributed by atoms with Gasteiger partial charge in [0.2, 0.25) is 5.88 Å². The quantitative estimate of drug-likeness (QED) is 0.925. The molecule has 0 unspecified atom stereocenters. The summed E-state index contributed by atoms with van der Waals surface area (Å²) >= 11 is 0. The van der Waals surface area contributed by atoms with Crippen LogP contribution < -0.4 is 10.5 Å². The van der Waals surface area contributed by atoms with E-state index in [1.807, 2.05) is 0 Å². The summed E-state index contributed by atoms with van der Waals surface area (Å²) < 4.78 is 33.6. The molecule has 1 fully saturated rings. The number of hydrogen-bond acceptors (Lipinski definition) is 4. The standard InChI is InChI=1S/C14H14F2N2O2/c15-14(16)19-10-6-4-8(5-7-10)11-12(9-2-1-3-9)18-20-13(11)17/h4-7,9,14H,1-3,17H2. The molecular weight excluding hydrogens is 266 g/mol. The summed E-state index contributed by atoms with van der Waals surface area (Å²) in [5, 5.41) is 4.03. The second-order valence-corrected chi connectivity index (χ2v) is 4.84. The molecule has 0 amide bonds. The Balaban J connectivity index is 1.90. The Kier molecular flexibility index (Phi) is 3.30. The summed E-state index contributed by atoms with van der Waals surface area (Å²) in [5.41, 5.74) is 8.25. The Morgan fingerprint density at radius 3 is 2.50 bits per heavy atom. The zero-order valence-electron chi connectivity index (χ0n) is 10.7. The van der Waals surface area contributed by atoms with Crippen molar-refractivity contribution in [3.63, 3.8) is 0 Å². The molecule has 2 N–H and O–H groups in total. The Morgan fingerprint density at radius 1 is 1.25 bits per heavy atom. The SMILES string of the molecule is Nc1onc(C2CCC2)c1-c1ccc(OC(F)F)cc1. The van der Waals surface area contributed by atoms with Crippen LogP contribution in [0.25, 0.3) is 11.1 Å². The molecule has 2 aromatic rings. The third-order valence-corrected chi connectivity index (χ3v) is 3.60. The van der Waals surface area contributed by atoms with Crippen molar-refractivity contribution >= 4 is 5.88 Å². The Hall–Kier alpha value is -2.11. The van der Waals surface area contributed by atoms with Gasteiger partial charge in [-0.2, -0.15) is 8.78 Å². The first-order valence-electron chi connectivity index (χ1n) is 6.45. The number of hydrogen-bond donors (Lipinski definition) is 1. The third kappa shape index (κ3) is 2.33. The van der Waals surface area contributed by atoms with Crippen LogP contribution >= 0.6 is 0 Å². The number of alkyl halides is 2. The van der Waals surface area contributed by atoms with Gasteiger partial charge in [-0.05, 0) is 30.5 Å². The van der Waals surface area contributed by atoms with E-state index in [2.05, 4.69) is 9.89 Å². The first-order valence-corrected chi connectivity index (χ1v) is 6.45. The van der Waals surface area contributed by atoms with E-state index in [-0.39, 0.29) is 11.6 Å². The average Bonchev–Trinajstić information content (AvgIpc) is 2.70. The minimum Gasteiger partial charge on any atom is -0.435 e. The molecule has 0 spiro atoms. The van der Waals surface area contributed by atoms with Crippen LogP contribution in [0.15, 0.2) is 28.8 Å². The van der Waals surface area contributed by atoms with Gasteiger partial charge < -0.3 is 15.0 Å². The monoisotopic (exact) mass is 280 g/mol. The zero-order chi connectivity index (χ0) is 14.1. The summed E-state index contributed by atoms with van der Waals surface area (Å²) in [6.45, 7) is -2.83. The van der Waals surface area contributed by atoms with Crippen molar-refractivity contribution in [3.8, 4) is 16.9 Å². The highest BCUT2D eigenvalue weighted by Crippen LogP contribution is 2.43. The topological polar surface area (TPSA) is 61.3 Å². The van der Waals surface area contributed by atoms with Crippen LogP contribution in [0.2, 0.25) is 0 Å². The molecule has 0 radical (unpaired) electrons. The molecule has 3 rings (SSSR count). The van der Waals surface area contributed by atoms with E-state index >= 15 is 0 Å². The highest BCUT2D eigenvalue weighted by Gasteiger charge is 2.28. The van der Waals surface area contributed by atoms with Crippen molar-refractivity contribution in [3.05, 3.63) is 30.0 Å². The van der Waals surface area contributed by atoms with Crippen molar-refractivity contribution in [2.45, 2.75) is 31.8 Å². The second-order valence-electron chi connectivity index (χ2n) is 4.84. The zero-order valence-corrected chi connectivity index (χ0v) is 10.7. The molecule has 4 nitrogen and oxygen atoms in total. The first-order chi connectivity index (χ1) is 9.65. The van der Waals surface area contributed by atoms with Crippen LogP contribution in [-0.4, -0.2) is 11.8 Å². The molecule has 0 aliphatic heterocycles. The smallest absolute Gasteiger partial charge is 0.387 e. The third-order valence-electron chi connectivity index (χ3n) is 3.60. The molecule has 106 valence electrons. The number of benzene rings is 1. The van der Waals surface area contributed by atoms with Gasteiger partial charge in [-0.1, -0.05) is 23.7 Å². The fraction of sp³-hybridized carbons (Fsp3) is 0.357. The van der Waals surface area contributed by atoms with Gasteiger partial charge in [0.05, 0.1) is 11.3 Å². The largest absolute Gasteiger partial charge is 0.435 e. The predicted octanol–water partition coefficient (Wildman–Crippen LogP) is 3.79. The summed E-state index contributed by atoms with van der Waals surface area (Å²) in [4.78, 5) is 0. The number of nitrogens with two attached hydrogens (primary N) is 1. The van der Waals surface area contributed by atoms with Crippen molar-refractivity contribution in [1.82, 2.24) is 5.16 Å². The molecule has 1 aromatic carbocycles.